The molecule has 4 nitrogen and oxygen atoms in total. The van der Waals surface area contributed by atoms with Gasteiger partial charge >= 0.3 is 0 Å². The zero-order valence-corrected chi connectivity index (χ0v) is 14.3. The highest BCUT2D eigenvalue weighted by atomic mass is 32.2. The highest BCUT2D eigenvalue weighted by Gasteiger charge is 2.12. The SMILES string of the molecule is CC1=C(C)SC(=C/C=C/C=C/C=C(\C#N)C(N)=C(C#N)C#N)S1. The Morgan fingerprint density at radius 2 is 1.48 bits per heavy atom. The van der Waals surface area contributed by atoms with Crippen LogP contribution in [0.2, 0.25) is 0 Å². The minimum atomic E-state index is -0.264. The van der Waals surface area contributed by atoms with Crippen LogP contribution >= 0.6 is 23.5 Å². The fraction of sp³-hybridized carbons (Fsp3) is 0.118. The van der Waals surface area contributed by atoms with E-state index in [9.17, 15) is 0 Å². The Hall–Kier alpha value is -2.59. The summed E-state index contributed by atoms with van der Waals surface area (Å²) >= 11 is 3.50. The quantitative estimate of drug-likeness (QED) is 0.603. The van der Waals surface area contributed by atoms with E-state index in [2.05, 4.69) is 13.8 Å². The van der Waals surface area contributed by atoms with E-state index in [0.717, 1.165) is 0 Å². The zero-order valence-electron chi connectivity index (χ0n) is 12.7. The summed E-state index contributed by atoms with van der Waals surface area (Å²) in [4.78, 5) is 2.64. The van der Waals surface area contributed by atoms with Gasteiger partial charge in [-0.1, -0.05) is 47.8 Å². The van der Waals surface area contributed by atoms with Crippen LogP contribution in [0.1, 0.15) is 13.8 Å². The van der Waals surface area contributed by atoms with E-state index in [1.807, 2.05) is 24.3 Å². The molecule has 1 aliphatic heterocycles. The van der Waals surface area contributed by atoms with Crippen molar-refractivity contribution in [3.63, 3.8) is 0 Å². The van der Waals surface area contributed by atoms with E-state index in [4.69, 9.17) is 21.5 Å². The van der Waals surface area contributed by atoms with Gasteiger partial charge in [0.1, 0.15) is 18.2 Å². The predicted octanol–water partition coefficient (Wildman–Crippen LogP) is 4.38. The first-order chi connectivity index (χ1) is 11.0. The summed E-state index contributed by atoms with van der Waals surface area (Å²) in [5, 5.41) is 26.5. The van der Waals surface area contributed by atoms with Crippen molar-refractivity contribution in [3.05, 3.63) is 67.3 Å². The number of nitriles is 3. The third-order valence-corrected chi connectivity index (χ3v) is 5.26. The molecule has 0 aromatic heterocycles. The van der Waals surface area contributed by atoms with Gasteiger partial charge in [0, 0.05) is 4.24 Å². The lowest BCUT2D eigenvalue weighted by molar-refractivity contribution is 1.30. The monoisotopic (exact) mass is 338 g/mol. The molecule has 0 aliphatic carbocycles. The molecule has 2 N–H and O–H groups in total. The van der Waals surface area contributed by atoms with Gasteiger partial charge in [-0.05, 0) is 35.8 Å². The summed E-state index contributed by atoms with van der Waals surface area (Å²) in [6, 6.07) is 5.20. The fourth-order valence-electron chi connectivity index (χ4n) is 1.42. The van der Waals surface area contributed by atoms with Crippen molar-refractivity contribution in [3.8, 4) is 18.2 Å². The Bertz CT molecular complexity index is 756. The smallest absolute Gasteiger partial charge is 0.153 e. The lowest BCUT2D eigenvalue weighted by atomic mass is 10.1. The molecular weight excluding hydrogens is 324 g/mol. The van der Waals surface area contributed by atoms with Crippen LogP contribution in [0.4, 0.5) is 0 Å². The molecule has 0 aromatic carbocycles. The molecule has 0 aromatic rings. The number of nitrogens with two attached hydrogens (primary N) is 1. The van der Waals surface area contributed by atoms with Crippen LogP contribution in [0.15, 0.2) is 67.3 Å². The molecule has 1 aliphatic rings. The maximum atomic E-state index is 9.01. The largest absolute Gasteiger partial charge is 0.396 e. The maximum absolute atomic E-state index is 9.01. The molecule has 1 heterocycles. The molecule has 1 rings (SSSR count). The first-order valence-electron chi connectivity index (χ1n) is 6.52. The molecule has 0 unspecified atom stereocenters. The molecule has 6 heteroatoms. The average Bonchev–Trinajstić information content (AvgIpc) is 2.86. The van der Waals surface area contributed by atoms with Crippen molar-refractivity contribution < 1.29 is 0 Å². The number of thioether (sulfide) groups is 2. The van der Waals surface area contributed by atoms with Crippen molar-refractivity contribution in [1.82, 2.24) is 0 Å². The van der Waals surface area contributed by atoms with Crippen molar-refractivity contribution in [1.29, 1.82) is 15.8 Å². The van der Waals surface area contributed by atoms with Crippen LogP contribution in [-0.2, 0) is 0 Å². The number of nitrogens with zero attached hydrogens (tertiary/aromatic N) is 3. The van der Waals surface area contributed by atoms with Crippen molar-refractivity contribution in [2.45, 2.75) is 13.8 Å². The predicted molar refractivity (Wildman–Crippen MR) is 96.1 cm³/mol. The molecule has 0 radical (unpaired) electrons. The van der Waals surface area contributed by atoms with Crippen LogP contribution in [0.25, 0.3) is 0 Å². The van der Waals surface area contributed by atoms with E-state index in [-0.39, 0.29) is 16.8 Å². The molecule has 0 fully saturated rings. The topological polar surface area (TPSA) is 97.4 Å². The summed E-state index contributed by atoms with van der Waals surface area (Å²) in [6.07, 6.45) is 10.6. The normalized spacial score (nSPS) is 14.7. The van der Waals surface area contributed by atoms with Crippen molar-refractivity contribution >= 4 is 23.5 Å². The van der Waals surface area contributed by atoms with Gasteiger partial charge in [-0.25, -0.2) is 0 Å². The Morgan fingerprint density at radius 3 is 2.00 bits per heavy atom. The standard InChI is InChI=1S/C17H14N4S2/c1-12-13(2)23-16(22-12)8-6-4-3-5-7-14(9-18)17(21)15(10-19)11-20/h3-8H,21H2,1-2H3/b5-3+,6-4+,14-7+. The number of allylic oxidation sites excluding steroid dienone is 10. The van der Waals surface area contributed by atoms with Crippen LogP contribution in [0, 0.1) is 34.0 Å². The molecule has 0 saturated heterocycles. The van der Waals surface area contributed by atoms with E-state index in [1.165, 1.54) is 20.1 Å². The van der Waals surface area contributed by atoms with Crippen molar-refractivity contribution in [2.24, 2.45) is 5.73 Å². The van der Waals surface area contributed by atoms with Gasteiger partial charge in [-0.3, -0.25) is 0 Å². The number of rotatable bonds is 4. The number of hydrogen-bond acceptors (Lipinski definition) is 6. The van der Waals surface area contributed by atoms with Gasteiger partial charge in [0.2, 0.25) is 0 Å². The molecular formula is C17H14N4S2. The zero-order chi connectivity index (χ0) is 17.2. The molecule has 0 atom stereocenters. The van der Waals surface area contributed by atoms with E-state index in [0.29, 0.717) is 0 Å². The molecule has 0 spiro atoms. The lowest BCUT2D eigenvalue weighted by Gasteiger charge is -1.96. The molecule has 23 heavy (non-hydrogen) atoms. The second kappa shape index (κ2) is 9.43. The van der Waals surface area contributed by atoms with Gasteiger partial charge in [-0.15, -0.1) is 0 Å². The highest BCUT2D eigenvalue weighted by Crippen LogP contribution is 2.48. The van der Waals surface area contributed by atoms with Gasteiger partial charge in [-0.2, -0.15) is 15.8 Å². The second-order valence-corrected chi connectivity index (χ2v) is 7.05. The first kappa shape index (κ1) is 18.5. The molecule has 0 amide bonds. The molecule has 0 saturated carbocycles. The van der Waals surface area contributed by atoms with Gasteiger partial charge < -0.3 is 5.73 Å². The van der Waals surface area contributed by atoms with Crippen LogP contribution in [0.5, 0.6) is 0 Å². The van der Waals surface area contributed by atoms with Crippen LogP contribution in [-0.4, -0.2) is 0 Å². The van der Waals surface area contributed by atoms with Crippen molar-refractivity contribution in [2.75, 3.05) is 0 Å². The minimum Gasteiger partial charge on any atom is -0.396 e. The average molecular weight is 338 g/mol. The van der Waals surface area contributed by atoms with Crippen LogP contribution in [0.3, 0.4) is 0 Å². The van der Waals surface area contributed by atoms with Crippen LogP contribution < -0.4 is 5.73 Å². The van der Waals surface area contributed by atoms with E-state index >= 15 is 0 Å². The maximum Gasteiger partial charge on any atom is 0.153 e. The lowest BCUT2D eigenvalue weighted by Crippen LogP contribution is -2.03. The molecule has 114 valence electrons. The number of hydrogen-bond donors (Lipinski definition) is 1. The van der Waals surface area contributed by atoms with Gasteiger partial charge in [0.15, 0.2) is 5.57 Å². The second-order valence-electron chi connectivity index (χ2n) is 4.28. The fourth-order valence-corrected chi connectivity index (χ4v) is 3.77. The third kappa shape index (κ3) is 5.60. The molecule has 0 bridgehead atoms. The Kier molecular flexibility index (Phi) is 7.57. The van der Waals surface area contributed by atoms with E-state index < -0.39 is 0 Å². The summed E-state index contributed by atoms with van der Waals surface area (Å²) in [5.74, 6) is 0. The highest BCUT2D eigenvalue weighted by molar-refractivity contribution is 8.28. The first-order valence-corrected chi connectivity index (χ1v) is 8.15. The van der Waals surface area contributed by atoms with E-state index in [1.54, 1.807) is 47.8 Å². The van der Waals surface area contributed by atoms with Gasteiger partial charge in [0.25, 0.3) is 0 Å². The third-order valence-electron chi connectivity index (χ3n) is 2.74. The Morgan fingerprint density at radius 1 is 0.913 bits per heavy atom. The summed E-state index contributed by atoms with van der Waals surface area (Å²) < 4.78 is 1.22. The van der Waals surface area contributed by atoms with Gasteiger partial charge in [0.05, 0.1) is 11.3 Å². The summed E-state index contributed by atoms with van der Waals surface area (Å²) in [6.45, 7) is 4.20. The Labute approximate surface area is 144 Å². The summed E-state index contributed by atoms with van der Waals surface area (Å²) in [7, 11) is 0. The summed E-state index contributed by atoms with van der Waals surface area (Å²) in [5.41, 5.74) is 5.33. The minimum absolute atomic E-state index is 0.0865. The Balaban J connectivity index is 2.72.